The van der Waals surface area contributed by atoms with Crippen LogP contribution in [0.15, 0.2) is 33.8 Å². The fourth-order valence-corrected chi connectivity index (χ4v) is 3.50. The van der Waals surface area contributed by atoms with Crippen LogP contribution in [0.25, 0.3) is 11.4 Å². The van der Waals surface area contributed by atoms with Crippen molar-refractivity contribution in [1.29, 1.82) is 0 Å². The first-order valence-electron chi connectivity index (χ1n) is 7.88. The number of aromatic amines is 1. The fourth-order valence-electron chi connectivity index (χ4n) is 2.35. The number of aromatic carboxylic acids is 1. The van der Waals surface area contributed by atoms with E-state index in [2.05, 4.69) is 20.6 Å². The van der Waals surface area contributed by atoms with Crippen molar-refractivity contribution in [1.82, 2.24) is 15.3 Å². The Morgan fingerprint density at radius 1 is 1.24 bits per heavy atom. The van der Waals surface area contributed by atoms with Gasteiger partial charge in [-0.3, -0.25) is 4.79 Å². The van der Waals surface area contributed by atoms with E-state index in [4.69, 9.17) is 28.3 Å². The van der Waals surface area contributed by atoms with Crippen molar-refractivity contribution in [2.45, 2.75) is 6.54 Å². The second kappa shape index (κ2) is 8.52. The molecular formula is C17H12Cl2N4O5S. The summed E-state index contributed by atoms with van der Waals surface area (Å²) in [5.41, 5.74) is -0.610. The Labute approximate surface area is 176 Å². The lowest BCUT2D eigenvalue weighted by Gasteiger charge is -2.10. The molecule has 0 bridgehead atoms. The number of urea groups is 1. The molecule has 0 fully saturated rings. The number of carboxylic acids is 1. The number of H-pyrrole nitrogens is 1. The molecule has 0 unspecified atom stereocenters. The predicted molar refractivity (Wildman–Crippen MR) is 109 cm³/mol. The van der Waals surface area contributed by atoms with Gasteiger partial charge in [0.1, 0.15) is 5.82 Å². The lowest BCUT2D eigenvalue weighted by molar-refractivity contribution is 0.0686. The largest absolute Gasteiger partial charge is 0.501 e. The van der Waals surface area contributed by atoms with Crippen molar-refractivity contribution in [2.75, 3.05) is 5.32 Å². The van der Waals surface area contributed by atoms with Gasteiger partial charge in [-0.1, -0.05) is 35.3 Å². The highest BCUT2D eigenvalue weighted by molar-refractivity contribution is 7.08. The van der Waals surface area contributed by atoms with Crippen LogP contribution in [-0.2, 0) is 6.54 Å². The number of nitrogens with zero attached hydrogens (tertiary/aromatic N) is 1. The molecule has 3 rings (SSSR count). The van der Waals surface area contributed by atoms with Gasteiger partial charge in [-0.2, -0.15) is 0 Å². The number of carbonyl (C=O) groups excluding carboxylic acids is 1. The Balaban J connectivity index is 1.79. The Kier molecular flexibility index (Phi) is 6.06. The van der Waals surface area contributed by atoms with Gasteiger partial charge in [-0.15, -0.1) is 11.3 Å². The van der Waals surface area contributed by atoms with Gasteiger partial charge in [0.15, 0.2) is 5.69 Å². The molecule has 0 atom stereocenters. The summed E-state index contributed by atoms with van der Waals surface area (Å²) in [6, 6.07) is 4.47. The van der Waals surface area contributed by atoms with Crippen molar-refractivity contribution < 1.29 is 19.8 Å². The number of hydrogen-bond acceptors (Lipinski definition) is 6. The Morgan fingerprint density at radius 3 is 2.72 bits per heavy atom. The minimum atomic E-state index is -1.56. The van der Waals surface area contributed by atoms with Gasteiger partial charge < -0.3 is 25.8 Å². The van der Waals surface area contributed by atoms with Crippen LogP contribution in [0.5, 0.6) is 5.75 Å². The molecule has 12 heteroatoms. The second-order valence-corrected chi connectivity index (χ2v) is 7.17. The van der Waals surface area contributed by atoms with Crippen LogP contribution in [0.2, 0.25) is 10.0 Å². The molecule has 0 aliphatic rings. The molecule has 0 saturated heterocycles. The number of halogens is 2. The number of anilines is 1. The summed E-state index contributed by atoms with van der Waals surface area (Å²) >= 11 is 13.2. The zero-order chi connectivity index (χ0) is 21.1. The number of benzene rings is 1. The van der Waals surface area contributed by atoms with Gasteiger partial charge in [0.25, 0.3) is 5.56 Å². The van der Waals surface area contributed by atoms with Gasteiger partial charge in [0.05, 0.1) is 21.3 Å². The van der Waals surface area contributed by atoms with Gasteiger partial charge in [-0.25, -0.2) is 14.6 Å². The van der Waals surface area contributed by atoms with Crippen LogP contribution < -0.4 is 16.2 Å². The monoisotopic (exact) mass is 454 g/mol. The van der Waals surface area contributed by atoms with Crippen LogP contribution in [0.3, 0.4) is 0 Å². The quantitative estimate of drug-likeness (QED) is 0.398. The minimum Gasteiger partial charge on any atom is -0.501 e. The molecule has 2 heterocycles. The SMILES string of the molecule is O=C(NCc1cccc(Cl)c1Cl)Nc1cscc1-c1nc(C(=O)O)c(O)c(=O)[nH]1. The van der Waals surface area contributed by atoms with Crippen LogP contribution >= 0.6 is 34.5 Å². The van der Waals surface area contributed by atoms with E-state index in [9.17, 15) is 19.5 Å². The number of hydrogen-bond donors (Lipinski definition) is 5. The maximum Gasteiger partial charge on any atom is 0.358 e. The molecule has 1 aromatic carbocycles. The van der Waals surface area contributed by atoms with E-state index >= 15 is 0 Å². The van der Waals surface area contributed by atoms with Crippen molar-refractivity contribution >= 4 is 52.2 Å². The van der Waals surface area contributed by atoms with Crippen molar-refractivity contribution in [3.05, 3.63) is 60.6 Å². The Morgan fingerprint density at radius 2 is 2.00 bits per heavy atom. The molecule has 0 radical (unpaired) electrons. The summed E-state index contributed by atoms with van der Waals surface area (Å²) in [4.78, 5) is 41.2. The third kappa shape index (κ3) is 4.50. The van der Waals surface area contributed by atoms with Gasteiger partial charge in [0.2, 0.25) is 5.75 Å². The normalized spacial score (nSPS) is 10.6. The van der Waals surface area contributed by atoms with E-state index in [1.165, 1.54) is 11.3 Å². The van der Waals surface area contributed by atoms with Crippen molar-refractivity contribution in [3.8, 4) is 17.1 Å². The van der Waals surface area contributed by atoms with Crippen LogP contribution in [0.1, 0.15) is 16.1 Å². The number of rotatable bonds is 5. The van der Waals surface area contributed by atoms with E-state index in [-0.39, 0.29) is 23.6 Å². The zero-order valence-corrected chi connectivity index (χ0v) is 16.7. The predicted octanol–water partition coefficient (Wildman–Crippen LogP) is 3.53. The number of amides is 2. The first-order chi connectivity index (χ1) is 13.8. The van der Waals surface area contributed by atoms with Crippen LogP contribution in [0, 0.1) is 0 Å². The summed E-state index contributed by atoms with van der Waals surface area (Å²) in [7, 11) is 0. The van der Waals surface area contributed by atoms with E-state index in [1.54, 1.807) is 29.0 Å². The fraction of sp³-hybridized carbons (Fsp3) is 0.0588. The number of thiophene rings is 1. The average molecular weight is 455 g/mol. The molecule has 0 aliphatic heterocycles. The molecule has 0 aliphatic carbocycles. The number of nitrogens with one attached hydrogen (secondary N) is 3. The molecule has 2 amide bonds. The minimum absolute atomic E-state index is 0.111. The standard InChI is InChI=1S/C17H12Cl2N4O5S/c18-9-3-1-2-7(11(9)19)4-20-17(28)21-10-6-29-5-8(10)14-22-12(16(26)27)13(24)15(25)23-14/h1-3,5-6,24H,4H2,(H,26,27)(H2,20,21,28)(H,22,23,25). The lowest BCUT2D eigenvalue weighted by Crippen LogP contribution is -2.28. The van der Waals surface area contributed by atoms with E-state index < -0.39 is 29.0 Å². The van der Waals surface area contributed by atoms with Gasteiger partial charge in [-0.05, 0) is 11.6 Å². The smallest absolute Gasteiger partial charge is 0.358 e. The first-order valence-corrected chi connectivity index (χ1v) is 9.58. The molecule has 0 spiro atoms. The topological polar surface area (TPSA) is 144 Å². The molecule has 9 nitrogen and oxygen atoms in total. The zero-order valence-electron chi connectivity index (χ0n) is 14.3. The highest BCUT2D eigenvalue weighted by atomic mass is 35.5. The highest BCUT2D eigenvalue weighted by Crippen LogP contribution is 2.30. The lowest BCUT2D eigenvalue weighted by atomic mass is 10.2. The van der Waals surface area contributed by atoms with E-state index in [0.29, 0.717) is 15.6 Å². The molecule has 5 N–H and O–H groups in total. The van der Waals surface area contributed by atoms with Crippen LogP contribution in [-0.4, -0.2) is 32.2 Å². The number of aromatic nitrogens is 2. The molecule has 29 heavy (non-hydrogen) atoms. The maximum atomic E-state index is 12.2. The summed E-state index contributed by atoms with van der Waals surface area (Å²) in [5.74, 6) is -2.67. The maximum absolute atomic E-state index is 12.2. The van der Waals surface area contributed by atoms with Crippen molar-refractivity contribution in [2.24, 2.45) is 0 Å². The number of aromatic hydroxyl groups is 1. The van der Waals surface area contributed by atoms with Gasteiger partial charge in [0, 0.05) is 17.3 Å². The van der Waals surface area contributed by atoms with Gasteiger partial charge >= 0.3 is 12.0 Å². The Hall–Kier alpha value is -3.08. The van der Waals surface area contributed by atoms with Crippen molar-refractivity contribution in [3.63, 3.8) is 0 Å². The molecule has 0 saturated carbocycles. The third-order valence-electron chi connectivity index (χ3n) is 3.73. The summed E-state index contributed by atoms with van der Waals surface area (Å²) in [6.45, 7) is 0.113. The summed E-state index contributed by atoms with van der Waals surface area (Å²) in [5, 5.41) is 27.7. The first kappa shape index (κ1) is 20.6. The molecular weight excluding hydrogens is 443 g/mol. The van der Waals surface area contributed by atoms with Crippen LogP contribution in [0.4, 0.5) is 10.5 Å². The average Bonchev–Trinajstić information content (AvgIpc) is 3.12. The molecule has 2 aromatic heterocycles. The van der Waals surface area contributed by atoms with E-state index in [0.717, 1.165) is 0 Å². The third-order valence-corrected chi connectivity index (χ3v) is 5.34. The number of carboxylic acid groups (broad SMARTS) is 1. The molecule has 150 valence electrons. The number of carbonyl (C=O) groups is 2. The summed E-state index contributed by atoms with van der Waals surface area (Å²) < 4.78 is 0. The Bertz CT molecular complexity index is 1160. The highest BCUT2D eigenvalue weighted by Gasteiger charge is 2.20. The molecule has 3 aromatic rings. The summed E-state index contributed by atoms with van der Waals surface area (Å²) in [6.07, 6.45) is 0. The second-order valence-electron chi connectivity index (χ2n) is 5.64. The van der Waals surface area contributed by atoms with E-state index in [1.807, 2.05) is 0 Å².